The SMILES string of the molecule is O=C(CCNS(=O)(=O)c1cccc(Br)c1)Nc1cccc(OCCn2cccn2)c1. The number of hydrogen-bond donors (Lipinski definition) is 2. The summed E-state index contributed by atoms with van der Waals surface area (Å²) in [6.45, 7) is 1.04. The molecule has 30 heavy (non-hydrogen) atoms. The summed E-state index contributed by atoms with van der Waals surface area (Å²) in [5.41, 5.74) is 0.575. The molecule has 1 aromatic heterocycles. The monoisotopic (exact) mass is 492 g/mol. The van der Waals surface area contributed by atoms with Gasteiger partial charge in [-0.1, -0.05) is 28.1 Å². The molecular formula is C20H21BrN4O4S. The molecule has 3 rings (SSSR count). The Morgan fingerprint density at radius 3 is 2.73 bits per heavy atom. The van der Waals surface area contributed by atoms with Crippen LogP contribution in [-0.4, -0.2) is 37.3 Å². The van der Waals surface area contributed by atoms with Crippen LogP contribution in [0.2, 0.25) is 0 Å². The molecule has 0 bridgehead atoms. The van der Waals surface area contributed by atoms with Gasteiger partial charge >= 0.3 is 0 Å². The Labute approximate surface area is 183 Å². The van der Waals surface area contributed by atoms with Gasteiger partial charge < -0.3 is 10.1 Å². The van der Waals surface area contributed by atoms with E-state index in [9.17, 15) is 13.2 Å². The zero-order valence-corrected chi connectivity index (χ0v) is 18.4. The van der Waals surface area contributed by atoms with Crippen molar-refractivity contribution in [2.45, 2.75) is 17.9 Å². The number of anilines is 1. The van der Waals surface area contributed by atoms with Crippen LogP contribution in [0.15, 0.2) is 76.4 Å². The first-order valence-electron chi connectivity index (χ1n) is 9.18. The molecule has 0 saturated carbocycles. The first kappa shape index (κ1) is 22.0. The zero-order chi connectivity index (χ0) is 21.4. The van der Waals surface area contributed by atoms with Crippen molar-refractivity contribution in [1.82, 2.24) is 14.5 Å². The maximum Gasteiger partial charge on any atom is 0.240 e. The van der Waals surface area contributed by atoms with Crippen LogP contribution in [0.5, 0.6) is 5.75 Å². The highest BCUT2D eigenvalue weighted by Crippen LogP contribution is 2.18. The third-order valence-electron chi connectivity index (χ3n) is 4.02. The molecule has 10 heteroatoms. The molecule has 0 aliphatic carbocycles. The molecule has 2 aromatic carbocycles. The molecule has 2 N–H and O–H groups in total. The lowest BCUT2D eigenvalue weighted by Gasteiger charge is -2.10. The van der Waals surface area contributed by atoms with Crippen LogP contribution in [0.4, 0.5) is 5.69 Å². The Hall–Kier alpha value is -2.69. The smallest absolute Gasteiger partial charge is 0.240 e. The lowest BCUT2D eigenvalue weighted by molar-refractivity contribution is -0.116. The molecule has 0 fully saturated rings. The topological polar surface area (TPSA) is 102 Å². The van der Waals surface area contributed by atoms with Crippen LogP contribution in [0, 0.1) is 0 Å². The highest BCUT2D eigenvalue weighted by molar-refractivity contribution is 9.10. The Morgan fingerprint density at radius 2 is 1.97 bits per heavy atom. The number of carbonyl (C=O) groups is 1. The number of halogens is 1. The molecule has 0 radical (unpaired) electrons. The van der Waals surface area contributed by atoms with Gasteiger partial charge in [-0.25, -0.2) is 13.1 Å². The van der Waals surface area contributed by atoms with Crippen molar-refractivity contribution in [1.29, 1.82) is 0 Å². The minimum Gasteiger partial charge on any atom is -0.492 e. The summed E-state index contributed by atoms with van der Waals surface area (Å²) in [5, 5.41) is 6.84. The number of nitrogens with zero attached hydrogens (tertiary/aromatic N) is 2. The molecule has 0 saturated heterocycles. The van der Waals surface area contributed by atoms with Gasteiger partial charge in [0.25, 0.3) is 0 Å². The van der Waals surface area contributed by atoms with Gasteiger partial charge in [0, 0.05) is 41.6 Å². The van der Waals surface area contributed by atoms with E-state index in [1.54, 1.807) is 47.3 Å². The molecule has 0 aliphatic rings. The van der Waals surface area contributed by atoms with E-state index < -0.39 is 10.0 Å². The van der Waals surface area contributed by atoms with E-state index in [0.29, 0.717) is 29.1 Å². The van der Waals surface area contributed by atoms with Gasteiger partial charge in [0.15, 0.2) is 0 Å². The number of amides is 1. The Balaban J connectivity index is 1.45. The minimum atomic E-state index is -3.67. The number of sulfonamides is 1. The highest BCUT2D eigenvalue weighted by atomic mass is 79.9. The van der Waals surface area contributed by atoms with Crippen molar-refractivity contribution >= 4 is 37.5 Å². The van der Waals surface area contributed by atoms with Crippen molar-refractivity contribution in [3.8, 4) is 5.75 Å². The molecule has 0 unspecified atom stereocenters. The summed E-state index contributed by atoms with van der Waals surface area (Å²) in [7, 11) is -3.67. The lowest BCUT2D eigenvalue weighted by atomic mass is 10.3. The summed E-state index contributed by atoms with van der Waals surface area (Å²) in [4.78, 5) is 12.3. The third kappa shape index (κ3) is 6.68. The van der Waals surface area contributed by atoms with Gasteiger partial charge in [0.2, 0.25) is 15.9 Å². The second-order valence-electron chi connectivity index (χ2n) is 6.30. The molecule has 3 aromatic rings. The van der Waals surface area contributed by atoms with Gasteiger partial charge in [-0.05, 0) is 36.4 Å². The number of benzene rings is 2. The van der Waals surface area contributed by atoms with E-state index in [-0.39, 0.29) is 23.8 Å². The van der Waals surface area contributed by atoms with Gasteiger partial charge in [0.05, 0.1) is 11.4 Å². The van der Waals surface area contributed by atoms with E-state index in [0.717, 1.165) is 0 Å². The fourth-order valence-electron chi connectivity index (χ4n) is 2.59. The van der Waals surface area contributed by atoms with Crippen LogP contribution in [0.1, 0.15) is 6.42 Å². The van der Waals surface area contributed by atoms with Crippen molar-refractivity contribution in [3.63, 3.8) is 0 Å². The Kier molecular flexibility index (Phi) is 7.61. The fourth-order valence-corrected chi connectivity index (χ4v) is 4.22. The molecule has 0 spiro atoms. The number of carbonyl (C=O) groups excluding carboxylic acids is 1. The molecule has 8 nitrogen and oxygen atoms in total. The first-order chi connectivity index (χ1) is 14.4. The number of nitrogens with one attached hydrogen (secondary N) is 2. The predicted octanol–water partition coefficient (Wildman–Crippen LogP) is 3.03. The molecule has 1 heterocycles. The normalized spacial score (nSPS) is 11.2. The molecule has 0 atom stereocenters. The largest absolute Gasteiger partial charge is 0.492 e. The molecular weight excluding hydrogens is 472 g/mol. The average Bonchev–Trinajstić information content (AvgIpc) is 3.22. The van der Waals surface area contributed by atoms with E-state index in [2.05, 4.69) is 31.1 Å². The van der Waals surface area contributed by atoms with Crippen molar-refractivity contribution < 1.29 is 17.9 Å². The lowest BCUT2D eigenvalue weighted by Crippen LogP contribution is -2.27. The van der Waals surface area contributed by atoms with E-state index in [4.69, 9.17) is 4.74 Å². The number of hydrogen-bond acceptors (Lipinski definition) is 5. The van der Waals surface area contributed by atoms with E-state index in [1.807, 2.05) is 12.3 Å². The summed E-state index contributed by atoms with van der Waals surface area (Å²) < 4.78 is 35.1. The number of rotatable bonds is 10. The van der Waals surface area contributed by atoms with Crippen molar-refractivity contribution in [3.05, 3.63) is 71.5 Å². The number of ether oxygens (including phenoxy) is 1. The minimum absolute atomic E-state index is 0.00236. The predicted molar refractivity (Wildman–Crippen MR) is 117 cm³/mol. The zero-order valence-electron chi connectivity index (χ0n) is 16.0. The van der Waals surface area contributed by atoms with Crippen molar-refractivity contribution in [2.75, 3.05) is 18.5 Å². The summed E-state index contributed by atoms with van der Waals surface area (Å²) in [6.07, 6.45) is 3.55. The van der Waals surface area contributed by atoms with Gasteiger partial charge in [-0.3, -0.25) is 9.48 Å². The van der Waals surface area contributed by atoms with Crippen LogP contribution in [0.25, 0.3) is 0 Å². The average molecular weight is 493 g/mol. The van der Waals surface area contributed by atoms with Gasteiger partial charge in [0.1, 0.15) is 12.4 Å². The molecule has 158 valence electrons. The highest BCUT2D eigenvalue weighted by Gasteiger charge is 2.14. The fraction of sp³-hybridized carbons (Fsp3) is 0.200. The third-order valence-corrected chi connectivity index (χ3v) is 5.97. The van der Waals surface area contributed by atoms with Crippen molar-refractivity contribution in [2.24, 2.45) is 0 Å². The second kappa shape index (κ2) is 10.4. The van der Waals surface area contributed by atoms with E-state index in [1.165, 1.54) is 12.1 Å². The molecule has 0 aliphatic heterocycles. The summed E-state index contributed by atoms with van der Waals surface area (Å²) >= 11 is 3.24. The quantitative estimate of drug-likeness (QED) is 0.452. The standard InChI is InChI=1S/C20H21BrN4O4S/c21-16-4-1-7-19(14-16)30(27,28)23-10-8-20(26)24-17-5-2-6-18(15-17)29-13-12-25-11-3-9-22-25/h1-7,9,11,14-15,23H,8,10,12-13H2,(H,24,26). The Bertz CT molecular complexity index is 1090. The van der Waals surface area contributed by atoms with Crippen LogP contribution >= 0.6 is 15.9 Å². The second-order valence-corrected chi connectivity index (χ2v) is 8.98. The molecule has 1 amide bonds. The maximum absolute atomic E-state index is 12.3. The van der Waals surface area contributed by atoms with Gasteiger partial charge in [-0.15, -0.1) is 0 Å². The summed E-state index contributed by atoms with van der Waals surface area (Å²) in [6, 6.07) is 15.2. The summed E-state index contributed by atoms with van der Waals surface area (Å²) in [5.74, 6) is 0.316. The maximum atomic E-state index is 12.3. The Morgan fingerprint density at radius 1 is 1.13 bits per heavy atom. The van der Waals surface area contributed by atoms with Crippen LogP contribution < -0.4 is 14.8 Å². The van der Waals surface area contributed by atoms with E-state index >= 15 is 0 Å². The number of aromatic nitrogens is 2. The van der Waals surface area contributed by atoms with Crippen LogP contribution in [-0.2, 0) is 21.4 Å². The van der Waals surface area contributed by atoms with Gasteiger partial charge in [-0.2, -0.15) is 5.10 Å². The first-order valence-corrected chi connectivity index (χ1v) is 11.5. The van der Waals surface area contributed by atoms with Crippen LogP contribution in [0.3, 0.4) is 0 Å².